The highest BCUT2D eigenvalue weighted by molar-refractivity contribution is 8.00. The summed E-state index contributed by atoms with van der Waals surface area (Å²) in [4.78, 5) is 2.56. The lowest BCUT2D eigenvalue weighted by molar-refractivity contribution is 0.0199. The Morgan fingerprint density at radius 2 is 2.00 bits per heavy atom. The first kappa shape index (κ1) is 12.7. The summed E-state index contributed by atoms with van der Waals surface area (Å²) in [6.07, 6.45) is 4.67. The fraction of sp³-hybridized carbons (Fsp3) is 1.00. The van der Waals surface area contributed by atoms with Crippen molar-refractivity contribution in [2.24, 2.45) is 5.92 Å². The molecule has 1 saturated carbocycles. The third-order valence-electron chi connectivity index (χ3n) is 4.03. The second-order valence-corrected chi connectivity index (χ2v) is 6.91. The highest BCUT2D eigenvalue weighted by atomic mass is 32.2. The number of hydrogen-bond acceptors (Lipinski definition) is 3. The first-order valence-corrected chi connectivity index (χ1v) is 7.77. The molecule has 1 heterocycles. The molecule has 0 aromatic heterocycles. The number of rotatable bonds is 2. The maximum absolute atomic E-state index is 10.1. The predicted octanol–water partition coefficient (Wildman–Crippen LogP) is 2.36. The number of nitrogens with zero attached hydrogens (tertiary/aromatic N) is 1. The van der Waals surface area contributed by atoms with Crippen molar-refractivity contribution in [3.05, 3.63) is 0 Å². The van der Waals surface area contributed by atoms with Gasteiger partial charge in [-0.15, -0.1) is 0 Å². The molecule has 1 aliphatic heterocycles. The minimum Gasteiger partial charge on any atom is -0.391 e. The smallest absolute Gasteiger partial charge is 0.0695 e. The van der Waals surface area contributed by atoms with E-state index in [1.807, 2.05) is 0 Å². The Balaban J connectivity index is 1.92. The summed E-state index contributed by atoms with van der Waals surface area (Å²) in [5, 5.41) is 10.9. The molecule has 3 atom stereocenters. The molecule has 2 fully saturated rings. The standard InChI is InChI=1S/C13H25NOS/c1-10(2)13-9-14(7-8-16-13)11-5-3-4-6-12(11)15/h10-13,15H,3-9H2,1-2H3. The van der Waals surface area contributed by atoms with E-state index < -0.39 is 0 Å². The first-order chi connectivity index (χ1) is 7.68. The van der Waals surface area contributed by atoms with Crippen molar-refractivity contribution < 1.29 is 5.11 Å². The van der Waals surface area contributed by atoms with Crippen molar-refractivity contribution in [1.29, 1.82) is 0 Å². The summed E-state index contributed by atoms with van der Waals surface area (Å²) < 4.78 is 0. The van der Waals surface area contributed by atoms with Crippen LogP contribution in [0.1, 0.15) is 39.5 Å². The van der Waals surface area contributed by atoms with Gasteiger partial charge in [0.1, 0.15) is 0 Å². The molecular formula is C13H25NOS. The maximum Gasteiger partial charge on any atom is 0.0695 e. The molecule has 3 heteroatoms. The molecule has 1 aliphatic carbocycles. The van der Waals surface area contributed by atoms with E-state index in [0.717, 1.165) is 17.6 Å². The van der Waals surface area contributed by atoms with Gasteiger partial charge >= 0.3 is 0 Å². The molecule has 0 amide bonds. The maximum atomic E-state index is 10.1. The normalized spacial score (nSPS) is 37.9. The second kappa shape index (κ2) is 5.74. The zero-order valence-corrected chi connectivity index (χ0v) is 11.4. The minimum absolute atomic E-state index is 0.0651. The van der Waals surface area contributed by atoms with Crippen molar-refractivity contribution in [1.82, 2.24) is 4.90 Å². The van der Waals surface area contributed by atoms with Gasteiger partial charge in [-0.2, -0.15) is 11.8 Å². The van der Waals surface area contributed by atoms with Crippen LogP contribution in [0, 0.1) is 5.92 Å². The predicted molar refractivity (Wildman–Crippen MR) is 70.9 cm³/mol. The molecule has 0 radical (unpaired) electrons. The lowest BCUT2D eigenvalue weighted by atomic mass is 9.91. The second-order valence-electron chi connectivity index (χ2n) is 5.57. The van der Waals surface area contributed by atoms with Crippen LogP contribution < -0.4 is 0 Å². The molecule has 94 valence electrons. The SMILES string of the molecule is CC(C)C1CN(C2CCCCC2O)CCS1. The number of aliphatic hydroxyl groups excluding tert-OH is 1. The van der Waals surface area contributed by atoms with Crippen LogP contribution in [0.4, 0.5) is 0 Å². The van der Waals surface area contributed by atoms with Gasteiger partial charge in [0.15, 0.2) is 0 Å². The van der Waals surface area contributed by atoms with Gasteiger partial charge in [0.05, 0.1) is 6.10 Å². The Morgan fingerprint density at radius 3 is 2.69 bits per heavy atom. The van der Waals surface area contributed by atoms with Crippen LogP contribution in [0.2, 0.25) is 0 Å². The molecule has 2 rings (SSSR count). The largest absolute Gasteiger partial charge is 0.391 e. The lowest BCUT2D eigenvalue weighted by Crippen LogP contribution is -2.51. The minimum atomic E-state index is -0.0651. The van der Waals surface area contributed by atoms with Crippen LogP contribution in [-0.4, -0.2) is 46.2 Å². The van der Waals surface area contributed by atoms with E-state index in [-0.39, 0.29) is 6.10 Å². The topological polar surface area (TPSA) is 23.5 Å². The summed E-state index contributed by atoms with van der Waals surface area (Å²) >= 11 is 2.12. The molecule has 16 heavy (non-hydrogen) atoms. The molecule has 1 saturated heterocycles. The number of thioether (sulfide) groups is 1. The van der Waals surface area contributed by atoms with Gasteiger partial charge in [0, 0.05) is 30.1 Å². The van der Waals surface area contributed by atoms with Crippen LogP contribution in [0.5, 0.6) is 0 Å². The summed E-state index contributed by atoms with van der Waals surface area (Å²) in [6.45, 7) is 7.00. The van der Waals surface area contributed by atoms with E-state index in [2.05, 4.69) is 30.5 Å². The highest BCUT2D eigenvalue weighted by Crippen LogP contribution is 2.30. The van der Waals surface area contributed by atoms with E-state index in [0.29, 0.717) is 6.04 Å². The van der Waals surface area contributed by atoms with E-state index in [1.165, 1.54) is 38.1 Å². The summed E-state index contributed by atoms with van der Waals surface area (Å²) in [7, 11) is 0. The average Bonchev–Trinajstić information content (AvgIpc) is 2.30. The molecule has 2 aliphatic rings. The monoisotopic (exact) mass is 243 g/mol. The molecule has 2 nitrogen and oxygen atoms in total. The molecular weight excluding hydrogens is 218 g/mol. The van der Waals surface area contributed by atoms with E-state index in [1.54, 1.807) is 0 Å². The molecule has 0 aromatic carbocycles. The Hall–Kier alpha value is 0.270. The molecule has 3 unspecified atom stereocenters. The average molecular weight is 243 g/mol. The molecule has 0 spiro atoms. The third kappa shape index (κ3) is 2.93. The zero-order chi connectivity index (χ0) is 11.5. The van der Waals surface area contributed by atoms with Gasteiger partial charge in [0.25, 0.3) is 0 Å². The molecule has 0 bridgehead atoms. The van der Waals surface area contributed by atoms with Crippen LogP contribution in [0.15, 0.2) is 0 Å². The van der Waals surface area contributed by atoms with E-state index in [9.17, 15) is 5.11 Å². The van der Waals surface area contributed by atoms with E-state index >= 15 is 0 Å². The number of hydrogen-bond donors (Lipinski definition) is 1. The van der Waals surface area contributed by atoms with Gasteiger partial charge < -0.3 is 5.11 Å². The Morgan fingerprint density at radius 1 is 1.25 bits per heavy atom. The Labute approximate surface area is 104 Å². The number of aliphatic hydroxyl groups is 1. The van der Waals surface area contributed by atoms with Gasteiger partial charge in [-0.05, 0) is 18.8 Å². The molecule has 0 aromatic rings. The fourth-order valence-electron chi connectivity index (χ4n) is 2.92. The fourth-order valence-corrected chi connectivity index (χ4v) is 4.24. The summed E-state index contributed by atoms with van der Waals surface area (Å²) in [5.74, 6) is 2.00. The Kier molecular flexibility index (Phi) is 4.57. The van der Waals surface area contributed by atoms with Crippen LogP contribution >= 0.6 is 11.8 Å². The van der Waals surface area contributed by atoms with Crippen LogP contribution in [0.3, 0.4) is 0 Å². The van der Waals surface area contributed by atoms with Crippen molar-refractivity contribution in [2.45, 2.75) is 56.9 Å². The van der Waals surface area contributed by atoms with Gasteiger partial charge in [0.2, 0.25) is 0 Å². The first-order valence-electron chi connectivity index (χ1n) is 6.72. The van der Waals surface area contributed by atoms with E-state index in [4.69, 9.17) is 0 Å². The quantitative estimate of drug-likeness (QED) is 0.805. The van der Waals surface area contributed by atoms with Crippen LogP contribution in [-0.2, 0) is 0 Å². The summed E-state index contributed by atoms with van der Waals surface area (Å²) in [6, 6.07) is 0.455. The zero-order valence-electron chi connectivity index (χ0n) is 10.6. The Bertz CT molecular complexity index is 222. The molecule has 1 N–H and O–H groups in total. The highest BCUT2D eigenvalue weighted by Gasteiger charge is 2.32. The van der Waals surface area contributed by atoms with Gasteiger partial charge in [-0.25, -0.2) is 0 Å². The van der Waals surface area contributed by atoms with Crippen molar-refractivity contribution in [3.63, 3.8) is 0 Å². The van der Waals surface area contributed by atoms with Crippen molar-refractivity contribution >= 4 is 11.8 Å². The lowest BCUT2D eigenvalue weighted by Gasteiger charge is -2.42. The third-order valence-corrected chi connectivity index (χ3v) is 5.57. The van der Waals surface area contributed by atoms with Crippen LogP contribution in [0.25, 0.3) is 0 Å². The van der Waals surface area contributed by atoms with Gasteiger partial charge in [-0.1, -0.05) is 26.7 Å². The van der Waals surface area contributed by atoms with Gasteiger partial charge in [-0.3, -0.25) is 4.90 Å². The summed E-state index contributed by atoms with van der Waals surface area (Å²) in [5.41, 5.74) is 0. The van der Waals surface area contributed by atoms with Crippen molar-refractivity contribution in [2.75, 3.05) is 18.8 Å². The van der Waals surface area contributed by atoms with Crippen molar-refractivity contribution in [3.8, 4) is 0 Å².